The molecule has 2 amide bonds. The number of amides is 2. The summed E-state index contributed by atoms with van der Waals surface area (Å²) in [5.74, 6) is 0.205. The number of hydrazone groups is 1. The molecule has 0 unspecified atom stereocenters. The zero-order valence-corrected chi connectivity index (χ0v) is 14.1. The van der Waals surface area contributed by atoms with Gasteiger partial charge in [-0.3, -0.25) is 9.59 Å². The lowest BCUT2D eigenvalue weighted by molar-refractivity contribution is -0.124. The summed E-state index contributed by atoms with van der Waals surface area (Å²) >= 11 is 0. The Labute approximate surface area is 146 Å². The predicted octanol–water partition coefficient (Wildman–Crippen LogP) is 2.95. The third kappa shape index (κ3) is 6.87. The molecule has 2 N–H and O–H groups in total. The second kappa shape index (κ2) is 9.87. The van der Waals surface area contributed by atoms with Gasteiger partial charge in [0.15, 0.2) is 0 Å². The topological polar surface area (TPSA) is 79.8 Å². The maximum absolute atomic E-state index is 11.9. The lowest BCUT2D eigenvalue weighted by Crippen LogP contribution is -2.20. The minimum atomic E-state index is -0.311. The first-order valence-electron chi connectivity index (χ1n) is 8.07. The van der Waals surface area contributed by atoms with Gasteiger partial charge >= 0.3 is 0 Å². The second-order valence-corrected chi connectivity index (χ2v) is 5.21. The Kier molecular flexibility index (Phi) is 7.18. The molecule has 2 rings (SSSR count). The van der Waals surface area contributed by atoms with Crippen LogP contribution in [0.5, 0.6) is 5.75 Å². The van der Waals surface area contributed by atoms with Crippen LogP contribution in [-0.2, 0) is 9.59 Å². The quantitative estimate of drug-likeness (QED) is 0.573. The van der Waals surface area contributed by atoms with E-state index < -0.39 is 0 Å². The van der Waals surface area contributed by atoms with Gasteiger partial charge in [-0.2, -0.15) is 5.10 Å². The molecule has 0 radical (unpaired) electrons. The largest absolute Gasteiger partial charge is 0.494 e. The van der Waals surface area contributed by atoms with Gasteiger partial charge in [-0.15, -0.1) is 0 Å². The Morgan fingerprint density at radius 2 is 1.68 bits per heavy atom. The molecule has 0 atom stereocenters. The molecular weight excluding hydrogens is 318 g/mol. The summed E-state index contributed by atoms with van der Waals surface area (Å²) in [6.45, 7) is 2.50. The van der Waals surface area contributed by atoms with Gasteiger partial charge in [-0.05, 0) is 36.8 Å². The molecule has 25 heavy (non-hydrogen) atoms. The minimum Gasteiger partial charge on any atom is -0.494 e. The van der Waals surface area contributed by atoms with Gasteiger partial charge in [0.25, 0.3) is 0 Å². The molecule has 0 saturated heterocycles. The lowest BCUT2D eigenvalue weighted by atomic mass is 10.2. The van der Waals surface area contributed by atoms with E-state index >= 15 is 0 Å². The monoisotopic (exact) mass is 339 g/mol. The molecule has 0 spiro atoms. The van der Waals surface area contributed by atoms with Crippen LogP contribution >= 0.6 is 0 Å². The fraction of sp³-hybridized carbons (Fsp3) is 0.211. The van der Waals surface area contributed by atoms with E-state index in [9.17, 15) is 9.59 Å². The van der Waals surface area contributed by atoms with Crippen molar-refractivity contribution in [3.05, 3.63) is 60.2 Å². The van der Waals surface area contributed by atoms with Crippen LogP contribution < -0.4 is 15.5 Å². The number of rotatable bonds is 8. The van der Waals surface area contributed by atoms with Crippen molar-refractivity contribution in [1.82, 2.24) is 5.43 Å². The maximum atomic E-state index is 11.9. The Hall–Kier alpha value is -3.15. The number of carbonyl (C=O) groups is 2. The normalized spacial score (nSPS) is 10.4. The Bertz CT molecular complexity index is 712. The van der Waals surface area contributed by atoms with Crippen molar-refractivity contribution in [3.8, 4) is 5.75 Å². The summed E-state index contributed by atoms with van der Waals surface area (Å²) in [5, 5.41) is 6.60. The Morgan fingerprint density at radius 3 is 2.36 bits per heavy atom. The highest BCUT2D eigenvalue weighted by Crippen LogP contribution is 2.15. The van der Waals surface area contributed by atoms with Crippen LogP contribution in [0.4, 0.5) is 5.69 Å². The van der Waals surface area contributed by atoms with Gasteiger partial charge in [-0.25, -0.2) is 5.43 Å². The van der Waals surface area contributed by atoms with Crippen LogP contribution in [0.2, 0.25) is 0 Å². The first-order chi connectivity index (χ1) is 12.2. The van der Waals surface area contributed by atoms with E-state index in [1.807, 2.05) is 37.3 Å². The van der Waals surface area contributed by atoms with E-state index in [0.29, 0.717) is 12.3 Å². The predicted molar refractivity (Wildman–Crippen MR) is 97.7 cm³/mol. The number of hydrogen-bond acceptors (Lipinski definition) is 4. The molecule has 0 aliphatic carbocycles. The number of nitrogens with one attached hydrogen (secondary N) is 2. The van der Waals surface area contributed by atoms with Crippen molar-refractivity contribution >= 4 is 23.7 Å². The number of ether oxygens (including phenoxy) is 1. The SMILES string of the molecule is CCOc1ccc(NC(=O)CCC(=O)N/N=C/c2ccccc2)cc1. The standard InChI is InChI=1S/C19H21N3O3/c1-2-25-17-10-8-16(9-11-17)21-18(23)12-13-19(24)22-20-14-15-6-4-3-5-7-15/h3-11,14H,2,12-13H2,1H3,(H,21,23)(H,22,24)/b20-14+. The molecule has 0 fully saturated rings. The molecule has 0 aliphatic rings. The number of carbonyl (C=O) groups excluding carboxylic acids is 2. The van der Waals surface area contributed by atoms with E-state index in [1.165, 1.54) is 0 Å². The smallest absolute Gasteiger partial charge is 0.240 e. The van der Waals surface area contributed by atoms with Gasteiger partial charge in [0, 0.05) is 18.5 Å². The molecule has 2 aromatic rings. The van der Waals surface area contributed by atoms with Gasteiger partial charge in [0.05, 0.1) is 12.8 Å². The van der Waals surface area contributed by atoms with Crippen molar-refractivity contribution in [1.29, 1.82) is 0 Å². The van der Waals surface area contributed by atoms with Crippen LogP contribution in [0.15, 0.2) is 59.7 Å². The number of benzene rings is 2. The van der Waals surface area contributed by atoms with E-state index in [0.717, 1.165) is 11.3 Å². The van der Waals surface area contributed by atoms with Crippen LogP contribution in [0.3, 0.4) is 0 Å². The number of nitrogens with zero attached hydrogens (tertiary/aromatic N) is 1. The first-order valence-corrected chi connectivity index (χ1v) is 8.07. The van der Waals surface area contributed by atoms with Gasteiger partial charge in [0.1, 0.15) is 5.75 Å². The highest BCUT2D eigenvalue weighted by atomic mass is 16.5. The van der Waals surface area contributed by atoms with Crippen LogP contribution in [0, 0.1) is 0 Å². The molecule has 6 nitrogen and oxygen atoms in total. The zero-order chi connectivity index (χ0) is 17.9. The molecule has 0 aliphatic heterocycles. The van der Waals surface area contributed by atoms with Crippen molar-refractivity contribution in [2.24, 2.45) is 5.10 Å². The van der Waals surface area contributed by atoms with Gasteiger partial charge in [0.2, 0.25) is 11.8 Å². The van der Waals surface area contributed by atoms with Crippen LogP contribution in [0.1, 0.15) is 25.3 Å². The minimum absolute atomic E-state index is 0.0645. The Balaban J connectivity index is 1.70. The fourth-order valence-electron chi connectivity index (χ4n) is 2.03. The van der Waals surface area contributed by atoms with E-state index in [4.69, 9.17) is 4.74 Å². The van der Waals surface area contributed by atoms with Crippen LogP contribution in [0.25, 0.3) is 0 Å². The van der Waals surface area contributed by atoms with Gasteiger partial charge in [-0.1, -0.05) is 30.3 Å². The molecule has 0 bridgehead atoms. The van der Waals surface area contributed by atoms with Crippen molar-refractivity contribution in [3.63, 3.8) is 0 Å². The van der Waals surface area contributed by atoms with Crippen LogP contribution in [-0.4, -0.2) is 24.6 Å². The second-order valence-electron chi connectivity index (χ2n) is 5.21. The van der Waals surface area contributed by atoms with Crippen molar-refractivity contribution in [2.75, 3.05) is 11.9 Å². The number of hydrogen-bond donors (Lipinski definition) is 2. The summed E-state index contributed by atoms with van der Waals surface area (Å²) < 4.78 is 5.34. The average Bonchev–Trinajstić information content (AvgIpc) is 2.63. The summed E-state index contributed by atoms with van der Waals surface area (Å²) in [4.78, 5) is 23.5. The molecule has 0 saturated carbocycles. The molecule has 0 heterocycles. The third-order valence-corrected chi connectivity index (χ3v) is 3.23. The highest BCUT2D eigenvalue weighted by molar-refractivity contribution is 5.93. The average molecular weight is 339 g/mol. The van der Waals surface area contributed by atoms with Crippen molar-refractivity contribution < 1.29 is 14.3 Å². The lowest BCUT2D eigenvalue weighted by Gasteiger charge is -2.07. The summed E-state index contributed by atoms with van der Waals surface area (Å²) in [6, 6.07) is 16.5. The maximum Gasteiger partial charge on any atom is 0.240 e. The third-order valence-electron chi connectivity index (χ3n) is 3.23. The molecule has 2 aromatic carbocycles. The van der Waals surface area contributed by atoms with Gasteiger partial charge < -0.3 is 10.1 Å². The summed E-state index contributed by atoms with van der Waals surface area (Å²) in [7, 11) is 0. The number of anilines is 1. The molecule has 6 heteroatoms. The first kappa shape index (κ1) is 18.2. The van der Waals surface area contributed by atoms with E-state index in [-0.39, 0.29) is 24.7 Å². The highest BCUT2D eigenvalue weighted by Gasteiger charge is 2.07. The fourth-order valence-corrected chi connectivity index (χ4v) is 2.03. The zero-order valence-electron chi connectivity index (χ0n) is 14.1. The summed E-state index contributed by atoms with van der Waals surface area (Å²) in [5.41, 5.74) is 3.95. The summed E-state index contributed by atoms with van der Waals surface area (Å²) in [6.07, 6.45) is 1.70. The Morgan fingerprint density at radius 1 is 1.00 bits per heavy atom. The van der Waals surface area contributed by atoms with E-state index in [2.05, 4.69) is 15.8 Å². The van der Waals surface area contributed by atoms with Crippen molar-refractivity contribution in [2.45, 2.75) is 19.8 Å². The molecule has 130 valence electrons. The molecular formula is C19H21N3O3. The molecule has 0 aromatic heterocycles. The van der Waals surface area contributed by atoms with E-state index in [1.54, 1.807) is 30.5 Å².